The van der Waals surface area contributed by atoms with Gasteiger partial charge in [-0.25, -0.2) is 10.0 Å². The van der Waals surface area contributed by atoms with Crippen molar-refractivity contribution in [2.24, 2.45) is 0 Å². The number of carbonyl (C=O) groups is 1. The number of carbonyl (C=O) groups excluding carboxylic acids is 1. The number of hydrogen-bond acceptors (Lipinski definition) is 3. The van der Waals surface area contributed by atoms with E-state index in [1.54, 1.807) is 6.92 Å². The van der Waals surface area contributed by atoms with E-state index < -0.39 is 0 Å². The summed E-state index contributed by atoms with van der Waals surface area (Å²) in [5, 5.41) is 3.96. The summed E-state index contributed by atoms with van der Waals surface area (Å²) in [6.45, 7) is 2.42. The molecule has 0 aliphatic carbocycles. The summed E-state index contributed by atoms with van der Waals surface area (Å²) >= 11 is 0. The van der Waals surface area contributed by atoms with Crippen LogP contribution in [0.4, 0.5) is 0 Å². The molecule has 0 aliphatic rings. The molecular weight excluding hydrogens is 128 g/mol. The molecule has 10 heavy (non-hydrogen) atoms. The van der Waals surface area contributed by atoms with Gasteiger partial charge in [-0.3, -0.25) is 4.79 Å². The molecule has 0 spiro atoms. The fourth-order valence-electron chi connectivity index (χ4n) is 0.519. The number of nitrogens with zero attached hydrogens (tertiary/aromatic N) is 2. The zero-order valence-corrected chi connectivity index (χ0v) is 7.22. The van der Waals surface area contributed by atoms with E-state index in [1.165, 1.54) is 0 Å². The maximum atomic E-state index is 10.5. The average molecular weight is 144 g/mol. The highest BCUT2D eigenvalue weighted by Gasteiger charge is 2.00. The summed E-state index contributed by atoms with van der Waals surface area (Å²) in [6.07, 6.45) is 0.634. The van der Waals surface area contributed by atoms with Crippen molar-refractivity contribution in [2.75, 3.05) is 27.7 Å². The number of hydrazine groups is 1. The zero-order chi connectivity index (χ0) is 8.15. The van der Waals surface area contributed by atoms with Crippen LogP contribution in [0.5, 0.6) is 0 Å². The van der Waals surface area contributed by atoms with Crippen molar-refractivity contribution in [3.8, 4) is 0 Å². The smallest absolute Gasteiger partial charge is 0.131 e. The molecule has 0 radical (unpaired) electrons. The van der Waals surface area contributed by atoms with Gasteiger partial charge in [0.25, 0.3) is 0 Å². The molecule has 0 unspecified atom stereocenters. The average Bonchev–Trinajstić information content (AvgIpc) is 1.82. The molecule has 0 aromatic carbocycles. The van der Waals surface area contributed by atoms with Gasteiger partial charge in [0.1, 0.15) is 5.78 Å². The first kappa shape index (κ1) is 9.59. The Morgan fingerprint density at radius 1 is 1.30 bits per heavy atom. The van der Waals surface area contributed by atoms with Gasteiger partial charge in [0.2, 0.25) is 0 Å². The van der Waals surface area contributed by atoms with Gasteiger partial charge in [0.05, 0.1) is 0 Å². The highest BCUT2D eigenvalue weighted by atomic mass is 16.1. The number of Topliss-reactive ketones (excluding diaryl/α,β-unsaturated/α-hetero) is 1. The predicted octanol–water partition coefficient (Wildman–Crippen LogP) is 0.374. The summed E-state index contributed by atoms with van der Waals surface area (Å²) in [5.74, 6) is 0.244. The summed E-state index contributed by atoms with van der Waals surface area (Å²) in [6, 6.07) is 0. The number of hydrogen-bond donors (Lipinski definition) is 0. The van der Waals surface area contributed by atoms with Crippen LogP contribution in [0, 0.1) is 0 Å². The third-order valence-electron chi connectivity index (χ3n) is 1.47. The quantitative estimate of drug-likeness (QED) is 0.533. The molecule has 0 bridgehead atoms. The molecule has 0 aliphatic heterocycles. The van der Waals surface area contributed by atoms with Crippen molar-refractivity contribution >= 4 is 5.78 Å². The molecule has 0 saturated carbocycles. The molecule has 0 heterocycles. The van der Waals surface area contributed by atoms with E-state index in [2.05, 4.69) is 0 Å². The highest BCUT2D eigenvalue weighted by Crippen LogP contribution is 1.89. The van der Waals surface area contributed by atoms with Crippen LogP contribution in [0.1, 0.15) is 13.3 Å². The molecule has 0 fully saturated rings. The van der Waals surface area contributed by atoms with Crippen LogP contribution < -0.4 is 0 Å². The van der Waals surface area contributed by atoms with Gasteiger partial charge in [-0.2, -0.15) is 0 Å². The van der Waals surface area contributed by atoms with Crippen LogP contribution in [0.2, 0.25) is 0 Å². The minimum atomic E-state index is 0.244. The predicted molar refractivity (Wildman–Crippen MR) is 41.6 cm³/mol. The van der Waals surface area contributed by atoms with Gasteiger partial charge < -0.3 is 0 Å². The molecule has 3 nitrogen and oxygen atoms in total. The molecule has 0 rings (SSSR count). The van der Waals surface area contributed by atoms with Crippen LogP contribution in [-0.4, -0.2) is 43.5 Å². The number of rotatable bonds is 4. The summed E-state index contributed by atoms with van der Waals surface area (Å²) in [5.41, 5.74) is 0. The third kappa shape index (κ3) is 4.47. The summed E-state index contributed by atoms with van der Waals surface area (Å²) in [4.78, 5) is 10.5. The van der Waals surface area contributed by atoms with Crippen LogP contribution in [-0.2, 0) is 4.79 Å². The first-order valence-corrected chi connectivity index (χ1v) is 3.42. The minimum absolute atomic E-state index is 0.244. The fourth-order valence-corrected chi connectivity index (χ4v) is 0.519. The lowest BCUT2D eigenvalue weighted by molar-refractivity contribution is -0.117. The fraction of sp³-hybridized carbons (Fsp3) is 0.857. The lowest BCUT2D eigenvalue weighted by Gasteiger charge is -2.23. The second-order valence-corrected chi connectivity index (χ2v) is 2.68. The third-order valence-corrected chi connectivity index (χ3v) is 1.47. The SMILES string of the molecule is CC(=O)CCN(C)N(C)C. The second-order valence-electron chi connectivity index (χ2n) is 2.68. The molecule has 0 saturated heterocycles. The van der Waals surface area contributed by atoms with Crippen molar-refractivity contribution in [1.29, 1.82) is 0 Å². The van der Waals surface area contributed by atoms with E-state index >= 15 is 0 Å². The van der Waals surface area contributed by atoms with Crippen molar-refractivity contribution in [2.45, 2.75) is 13.3 Å². The summed E-state index contributed by atoms with van der Waals surface area (Å²) in [7, 11) is 5.88. The lowest BCUT2D eigenvalue weighted by Crippen LogP contribution is -2.34. The molecule has 0 aromatic heterocycles. The van der Waals surface area contributed by atoms with Gasteiger partial charge in [-0.05, 0) is 6.92 Å². The minimum Gasteiger partial charge on any atom is -0.300 e. The Labute approximate surface area is 62.6 Å². The van der Waals surface area contributed by atoms with Crippen LogP contribution in [0.25, 0.3) is 0 Å². The largest absolute Gasteiger partial charge is 0.300 e. The van der Waals surface area contributed by atoms with Gasteiger partial charge in [0, 0.05) is 34.1 Å². The molecule has 3 heteroatoms. The lowest BCUT2D eigenvalue weighted by atomic mass is 10.3. The van der Waals surface area contributed by atoms with E-state index in [9.17, 15) is 4.79 Å². The topological polar surface area (TPSA) is 23.6 Å². The Morgan fingerprint density at radius 2 is 1.80 bits per heavy atom. The van der Waals surface area contributed by atoms with Gasteiger partial charge >= 0.3 is 0 Å². The Morgan fingerprint density at radius 3 is 2.10 bits per heavy atom. The first-order chi connectivity index (χ1) is 4.54. The molecule has 0 aromatic rings. The second kappa shape index (κ2) is 4.41. The standard InChI is InChI=1S/C7H16N2O/c1-7(10)5-6-9(4)8(2)3/h5-6H2,1-4H3. The Hall–Kier alpha value is -0.410. The molecule has 0 amide bonds. The van der Waals surface area contributed by atoms with E-state index in [0.29, 0.717) is 6.42 Å². The molecule has 60 valence electrons. The van der Waals surface area contributed by atoms with E-state index in [0.717, 1.165) is 6.54 Å². The Balaban J connectivity index is 3.39. The number of ketones is 1. The van der Waals surface area contributed by atoms with Crippen LogP contribution in [0.3, 0.4) is 0 Å². The van der Waals surface area contributed by atoms with Crippen molar-refractivity contribution in [3.63, 3.8) is 0 Å². The van der Waals surface area contributed by atoms with Crippen molar-refractivity contribution < 1.29 is 4.79 Å². The van der Waals surface area contributed by atoms with Crippen LogP contribution in [0.15, 0.2) is 0 Å². The summed E-state index contributed by atoms with van der Waals surface area (Å²) < 4.78 is 0. The zero-order valence-electron chi connectivity index (χ0n) is 7.22. The van der Waals surface area contributed by atoms with Gasteiger partial charge in [-0.15, -0.1) is 0 Å². The van der Waals surface area contributed by atoms with Gasteiger partial charge in [0.15, 0.2) is 0 Å². The maximum Gasteiger partial charge on any atom is 0.131 e. The van der Waals surface area contributed by atoms with Crippen molar-refractivity contribution in [1.82, 2.24) is 10.0 Å². The Bertz CT molecular complexity index is 112. The molecule has 0 N–H and O–H groups in total. The van der Waals surface area contributed by atoms with Crippen LogP contribution >= 0.6 is 0 Å². The normalized spacial score (nSPS) is 11.0. The monoisotopic (exact) mass is 144 g/mol. The first-order valence-electron chi connectivity index (χ1n) is 3.42. The molecular formula is C7H16N2O. The Kier molecular flexibility index (Phi) is 4.23. The molecule has 0 atom stereocenters. The highest BCUT2D eigenvalue weighted by molar-refractivity contribution is 5.75. The van der Waals surface area contributed by atoms with Crippen molar-refractivity contribution in [3.05, 3.63) is 0 Å². The van der Waals surface area contributed by atoms with E-state index in [1.807, 2.05) is 31.2 Å². The maximum absolute atomic E-state index is 10.5. The van der Waals surface area contributed by atoms with E-state index in [-0.39, 0.29) is 5.78 Å². The van der Waals surface area contributed by atoms with Gasteiger partial charge in [-0.1, -0.05) is 0 Å². The van der Waals surface area contributed by atoms with E-state index in [4.69, 9.17) is 0 Å².